The summed E-state index contributed by atoms with van der Waals surface area (Å²) in [5, 5.41) is 19.6. The van der Waals surface area contributed by atoms with Crippen molar-refractivity contribution in [2.75, 3.05) is 13.2 Å². The molecule has 0 saturated carbocycles. The monoisotopic (exact) mass is 250 g/mol. The summed E-state index contributed by atoms with van der Waals surface area (Å²) in [6.45, 7) is 6.39. The smallest absolute Gasteiger partial charge is 0.0550 e. The highest BCUT2D eigenvalue weighted by Crippen LogP contribution is 2.33. The fraction of sp³-hybridized carbons (Fsp3) is 0.625. The number of aliphatic hydroxyl groups is 2. The van der Waals surface area contributed by atoms with E-state index in [1.165, 1.54) is 5.56 Å². The summed E-state index contributed by atoms with van der Waals surface area (Å²) in [5.74, 6) is 0.546. The molecule has 0 saturated heterocycles. The molecule has 2 N–H and O–H groups in total. The lowest BCUT2D eigenvalue weighted by Gasteiger charge is -2.34. The molecule has 0 bridgehead atoms. The Morgan fingerprint density at radius 2 is 1.72 bits per heavy atom. The van der Waals surface area contributed by atoms with Crippen molar-refractivity contribution in [2.45, 2.75) is 45.4 Å². The molecule has 1 rings (SSSR count). The van der Waals surface area contributed by atoms with E-state index in [0.29, 0.717) is 5.92 Å². The maximum atomic E-state index is 9.80. The van der Waals surface area contributed by atoms with Gasteiger partial charge < -0.3 is 10.2 Å². The number of aryl methyl sites for hydroxylation is 1. The quantitative estimate of drug-likeness (QED) is 0.781. The summed E-state index contributed by atoms with van der Waals surface area (Å²) < 4.78 is 0. The molecule has 0 aromatic heterocycles. The zero-order valence-electron chi connectivity index (χ0n) is 11.8. The van der Waals surface area contributed by atoms with Crippen LogP contribution in [-0.4, -0.2) is 23.4 Å². The normalized spacial score (nSPS) is 12.1. The van der Waals surface area contributed by atoms with Crippen LogP contribution in [0.25, 0.3) is 0 Å². The van der Waals surface area contributed by atoms with E-state index in [0.717, 1.165) is 24.8 Å². The van der Waals surface area contributed by atoms with Gasteiger partial charge in [-0.05, 0) is 24.8 Å². The molecule has 0 aliphatic rings. The minimum absolute atomic E-state index is 0.00343. The van der Waals surface area contributed by atoms with Gasteiger partial charge in [0.05, 0.1) is 13.2 Å². The molecule has 0 atom stereocenters. The molecule has 0 radical (unpaired) electrons. The summed E-state index contributed by atoms with van der Waals surface area (Å²) in [4.78, 5) is 0. The second-order valence-corrected chi connectivity index (χ2v) is 5.35. The van der Waals surface area contributed by atoms with Crippen molar-refractivity contribution in [2.24, 2.45) is 5.92 Å². The van der Waals surface area contributed by atoms with Gasteiger partial charge in [-0.25, -0.2) is 0 Å². The van der Waals surface area contributed by atoms with Crippen molar-refractivity contribution in [3.63, 3.8) is 0 Å². The van der Waals surface area contributed by atoms with E-state index in [2.05, 4.69) is 19.9 Å². The Labute approximate surface area is 111 Å². The molecule has 1 aromatic rings. The molecular formula is C16H26O2. The lowest BCUT2D eigenvalue weighted by molar-refractivity contribution is 0.0933. The lowest BCUT2D eigenvalue weighted by Crippen LogP contribution is -2.37. The number of hydrogen-bond acceptors (Lipinski definition) is 2. The van der Waals surface area contributed by atoms with E-state index in [1.807, 2.05) is 25.1 Å². The molecule has 0 unspecified atom stereocenters. The average Bonchev–Trinajstić information content (AvgIpc) is 2.41. The molecule has 18 heavy (non-hydrogen) atoms. The van der Waals surface area contributed by atoms with Crippen molar-refractivity contribution >= 4 is 0 Å². The summed E-state index contributed by atoms with van der Waals surface area (Å²) in [5.41, 5.74) is 1.73. The van der Waals surface area contributed by atoms with Crippen LogP contribution in [0.2, 0.25) is 0 Å². The van der Waals surface area contributed by atoms with Crippen LogP contribution in [0.1, 0.15) is 44.2 Å². The molecule has 102 valence electrons. The van der Waals surface area contributed by atoms with Gasteiger partial charge in [-0.2, -0.15) is 0 Å². The molecule has 0 fully saturated rings. The zero-order chi connectivity index (χ0) is 13.6. The van der Waals surface area contributed by atoms with Crippen LogP contribution >= 0.6 is 0 Å². The fourth-order valence-corrected chi connectivity index (χ4v) is 2.58. The SMILES string of the molecule is CCC(CC)CC(CO)(CO)c1cccc(C)c1. The van der Waals surface area contributed by atoms with Crippen LogP contribution in [0.4, 0.5) is 0 Å². The van der Waals surface area contributed by atoms with Crippen molar-refractivity contribution in [3.8, 4) is 0 Å². The molecule has 2 nitrogen and oxygen atoms in total. The van der Waals surface area contributed by atoms with E-state index in [-0.39, 0.29) is 13.2 Å². The van der Waals surface area contributed by atoms with E-state index in [1.54, 1.807) is 0 Å². The van der Waals surface area contributed by atoms with Crippen LogP contribution in [0.5, 0.6) is 0 Å². The first-order valence-electron chi connectivity index (χ1n) is 6.90. The molecule has 1 aromatic carbocycles. The predicted octanol–water partition coefficient (Wildman–Crippen LogP) is 3.04. The standard InChI is InChI=1S/C16H26O2/c1-4-14(5-2)10-16(11-17,12-18)15-8-6-7-13(3)9-15/h6-9,14,17-18H,4-5,10-12H2,1-3H3. The first-order valence-corrected chi connectivity index (χ1v) is 6.90. The summed E-state index contributed by atoms with van der Waals surface area (Å²) in [6, 6.07) is 8.13. The molecule has 0 aliphatic heterocycles. The van der Waals surface area contributed by atoms with Crippen molar-refractivity contribution in [1.82, 2.24) is 0 Å². The van der Waals surface area contributed by atoms with Gasteiger partial charge in [-0.3, -0.25) is 0 Å². The van der Waals surface area contributed by atoms with Gasteiger partial charge >= 0.3 is 0 Å². The molecule has 0 aliphatic carbocycles. The number of hydrogen-bond donors (Lipinski definition) is 2. The van der Waals surface area contributed by atoms with Crippen molar-refractivity contribution < 1.29 is 10.2 Å². The van der Waals surface area contributed by atoms with E-state index < -0.39 is 5.41 Å². The van der Waals surface area contributed by atoms with Crippen LogP contribution in [0.3, 0.4) is 0 Å². The second kappa shape index (κ2) is 6.91. The summed E-state index contributed by atoms with van der Waals surface area (Å²) >= 11 is 0. The third kappa shape index (κ3) is 3.33. The van der Waals surface area contributed by atoms with Gasteiger partial charge in [0.1, 0.15) is 0 Å². The van der Waals surface area contributed by atoms with Gasteiger partial charge in [-0.1, -0.05) is 56.5 Å². The highest BCUT2D eigenvalue weighted by atomic mass is 16.3. The van der Waals surface area contributed by atoms with Gasteiger partial charge in [0.15, 0.2) is 0 Å². The second-order valence-electron chi connectivity index (χ2n) is 5.35. The van der Waals surface area contributed by atoms with Crippen LogP contribution in [0, 0.1) is 12.8 Å². The zero-order valence-corrected chi connectivity index (χ0v) is 11.8. The summed E-state index contributed by atoms with van der Waals surface area (Å²) in [7, 11) is 0. The highest BCUT2D eigenvalue weighted by Gasteiger charge is 2.33. The van der Waals surface area contributed by atoms with Gasteiger partial charge in [0.2, 0.25) is 0 Å². The van der Waals surface area contributed by atoms with Crippen molar-refractivity contribution in [3.05, 3.63) is 35.4 Å². The summed E-state index contributed by atoms with van der Waals surface area (Å²) in [6.07, 6.45) is 3.02. The predicted molar refractivity (Wildman–Crippen MR) is 75.7 cm³/mol. The molecule has 0 spiro atoms. The third-order valence-electron chi connectivity index (χ3n) is 4.07. The van der Waals surface area contributed by atoms with Gasteiger partial charge in [0, 0.05) is 5.41 Å². The van der Waals surface area contributed by atoms with Gasteiger partial charge in [0.25, 0.3) is 0 Å². The Morgan fingerprint density at radius 1 is 1.11 bits per heavy atom. The largest absolute Gasteiger partial charge is 0.395 e. The fourth-order valence-electron chi connectivity index (χ4n) is 2.58. The average molecular weight is 250 g/mol. The maximum Gasteiger partial charge on any atom is 0.0550 e. The maximum absolute atomic E-state index is 9.80. The lowest BCUT2D eigenvalue weighted by atomic mass is 9.73. The van der Waals surface area contributed by atoms with Gasteiger partial charge in [-0.15, -0.1) is 0 Å². The van der Waals surface area contributed by atoms with E-state index in [4.69, 9.17) is 0 Å². The van der Waals surface area contributed by atoms with Crippen LogP contribution < -0.4 is 0 Å². The van der Waals surface area contributed by atoms with Crippen LogP contribution in [-0.2, 0) is 5.41 Å². The first kappa shape index (κ1) is 15.2. The molecule has 0 heterocycles. The topological polar surface area (TPSA) is 40.5 Å². The minimum Gasteiger partial charge on any atom is -0.395 e. The van der Waals surface area contributed by atoms with Crippen LogP contribution in [0.15, 0.2) is 24.3 Å². The Bertz CT molecular complexity index is 352. The molecule has 0 amide bonds. The Kier molecular flexibility index (Phi) is 5.83. The minimum atomic E-state index is -0.497. The molecular weight excluding hydrogens is 224 g/mol. The number of rotatable bonds is 7. The third-order valence-corrected chi connectivity index (χ3v) is 4.07. The Balaban J connectivity index is 3.06. The van der Waals surface area contributed by atoms with E-state index in [9.17, 15) is 10.2 Å². The number of benzene rings is 1. The Morgan fingerprint density at radius 3 is 2.17 bits per heavy atom. The van der Waals surface area contributed by atoms with Crippen molar-refractivity contribution in [1.29, 1.82) is 0 Å². The van der Waals surface area contributed by atoms with E-state index >= 15 is 0 Å². The Hall–Kier alpha value is -0.860. The number of aliphatic hydroxyl groups excluding tert-OH is 2. The first-order chi connectivity index (χ1) is 8.61. The molecule has 2 heteroatoms. The highest BCUT2D eigenvalue weighted by molar-refractivity contribution is 5.30.